The molecule has 0 radical (unpaired) electrons. The van der Waals surface area contributed by atoms with Gasteiger partial charge in [0.15, 0.2) is 11.5 Å². The van der Waals surface area contributed by atoms with Crippen molar-refractivity contribution >= 4 is 11.9 Å². The third-order valence-corrected chi connectivity index (χ3v) is 4.72. The van der Waals surface area contributed by atoms with Crippen LogP contribution in [0.3, 0.4) is 0 Å². The first kappa shape index (κ1) is 18.8. The quantitative estimate of drug-likeness (QED) is 0.774. The number of carbonyl (C=O) groups excluding carboxylic acids is 1. The molecule has 1 aliphatic heterocycles. The predicted octanol–water partition coefficient (Wildman–Crippen LogP) is 2.75. The Morgan fingerprint density at radius 1 is 1.19 bits per heavy atom. The maximum atomic E-state index is 12.0. The van der Waals surface area contributed by atoms with Crippen LogP contribution in [0, 0.1) is 5.92 Å². The second-order valence-electron chi connectivity index (χ2n) is 6.55. The number of carboxylic acid groups (broad SMARTS) is 1. The van der Waals surface area contributed by atoms with Crippen molar-refractivity contribution in [2.45, 2.75) is 19.4 Å². The summed E-state index contributed by atoms with van der Waals surface area (Å²) in [6.45, 7) is 1.13. The lowest BCUT2D eigenvalue weighted by molar-refractivity contribution is -0.141. The third kappa shape index (κ3) is 4.58. The Hall–Kier alpha value is -3.02. The summed E-state index contributed by atoms with van der Waals surface area (Å²) in [4.78, 5) is 24.8. The third-order valence-electron chi connectivity index (χ3n) is 4.72. The van der Waals surface area contributed by atoms with Crippen LogP contribution < -0.4 is 9.47 Å². The summed E-state index contributed by atoms with van der Waals surface area (Å²) in [5.74, 6) is -0.349. The van der Waals surface area contributed by atoms with E-state index in [1.54, 1.807) is 12.0 Å². The van der Waals surface area contributed by atoms with Crippen LogP contribution in [-0.4, -0.2) is 42.1 Å². The molecule has 1 N–H and O–H groups in total. The lowest BCUT2D eigenvalue weighted by Gasteiger charge is -2.19. The number of benzene rings is 2. The van der Waals surface area contributed by atoms with E-state index in [1.165, 1.54) is 0 Å². The van der Waals surface area contributed by atoms with Gasteiger partial charge in [0.05, 0.1) is 13.0 Å². The van der Waals surface area contributed by atoms with Crippen molar-refractivity contribution in [2.24, 2.45) is 5.92 Å². The van der Waals surface area contributed by atoms with Gasteiger partial charge >= 0.3 is 5.97 Å². The van der Waals surface area contributed by atoms with Crippen LogP contribution in [0.1, 0.15) is 17.5 Å². The summed E-state index contributed by atoms with van der Waals surface area (Å²) in [6.07, 6.45) is 0.643. The highest BCUT2D eigenvalue weighted by Gasteiger charge is 2.33. The molecule has 1 fully saturated rings. The van der Waals surface area contributed by atoms with Crippen molar-refractivity contribution in [3.05, 3.63) is 59.7 Å². The van der Waals surface area contributed by atoms with Gasteiger partial charge in [-0.1, -0.05) is 42.5 Å². The van der Waals surface area contributed by atoms with Gasteiger partial charge in [0.25, 0.3) is 0 Å². The molecule has 1 amide bonds. The number of methoxy groups -OCH3 is 1. The number of ether oxygens (including phenoxy) is 2. The summed E-state index contributed by atoms with van der Waals surface area (Å²) in [6, 6.07) is 15.5. The minimum Gasteiger partial charge on any atom is -0.493 e. The van der Waals surface area contributed by atoms with Crippen LogP contribution >= 0.6 is 0 Å². The Morgan fingerprint density at radius 3 is 2.63 bits per heavy atom. The number of rotatable bonds is 8. The molecule has 2 aromatic rings. The van der Waals surface area contributed by atoms with Crippen LogP contribution in [0.5, 0.6) is 11.5 Å². The number of para-hydroxylation sites is 1. The van der Waals surface area contributed by atoms with E-state index < -0.39 is 11.9 Å². The molecular formula is C21H23NO5. The fourth-order valence-corrected chi connectivity index (χ4v) is 3.22. The molecule has 27 heavy (non-hydrogen) atoms. The van der Waals surface area contributed by atoms with Crippen LogP contribution in [0.25, 0.3) is 0 Å². The van der Waals surface area contributed by atoms with Crippen LogP contribution in [-0.2, 0) is 22.6 Å². The van der Waals surface area contributed by atoms with Crippen LogP contribution in [0.2, 0.25) is 0 Å². The lowest BCUT2D eigenvalue weighted by atomic mass is 10.1. The number of aliphatic carboxylic acids is 1. The van der Waals surface area contributed by atoms with Gasteiger partial charge in [-0.3, -0.25) is 9.59 Å². The zero-order valence-corrected chi connectivity index (χ0v) is 15.3. The van der Waals surface area contributed by atoms with E-state index in [0.717, 1.165) is 11.1 Å². The summed E-state index contributed by atoms with van der Waals surface area (Å²) in [5, 5.41) is 9.11. The van der Waals surface area contributed by atoms with Gasteiger partial charge in [0.2, 0.25) is 5.91 Å². The normalized spacial score (nSPS) is 16.4. The number of likely N-dealkylation sites (tertiary alicyclic amines) is 1. The first-order valence-electron chi connectivity index (χ1n) is 8.91. The molecule has 1 aliphatic rings. The Labute approximate surface area is 158 Å². The molecule has 6 heteroatoms. The molecular weight excluding hydrogens is 346 g/mol. The first-order chi connectivity index (χ1) is 13.1. The standard InChI is InChI=1S/C21H23NO5/c1-26-18-9-5-8-16(20(18)27-14-15-6-3-2-4-7-15)10-11-22-13-17(21(24)25)12-19(22)23/h2-9,17H,10-14H2,1H3,(H,24,25). The van der Waals surface area contributed by atoms with Gasteiger partial charge in [-0.05, 0) is 23.6 Å². The lowest BCUT2D eigenvalue weighted by Crippen LogP contribution is -2.28. The van der Waals surface area contributed by atoms with Gasteiger partial charge in [-0.15, -0.1) is 0 Å². The average molecular weight is 369 g/mol. The summed E-state index contributed by atoms with van der Waals surface area (Å²) in [7, 11) is 1.59. The van der Waals surface area contributed by atoms with Crippen LogP contribution in [0.15, 0.2) is 48.5 Å². The minimum absolute atomic E-state index is 0.0742. The van der Waals surface area contributed by atoms with Crippen molar-refractivity contribution in [1.29, 1.82) is 0 Å². The highest BCUT2D eigenvalue weighted by atomic mass is 16.5. The fraction of sp³-hybridized carbons (Fsp3) is 0.333. The molecule has 1 heterocycles. The van der Waals surface area contributed by atoms with Gasteiger partial charge in [0, 0.05) is 19.5 Å². The van der Waals surface area contributed by atoms with Crippen molar-refractivity contribution in [3.8, 4) is 11.5 Å². The van der Waals surface area contributed by atoms with Crippen molar-refractivity contribution < 1.29 is 24.2 Å². The maximum Gasteiger partial charge on any atom is 0.308 e. The van der Waals surface area contributed by atoms with E-state index in [0.29, 0.717) is 31.1 Å². The molecule has 0 bridgehead atoms. The largest absolute Gasteiger partial charge is 0.493 e. The zero-order chi connectivity index (χ0) is 19.2. The molecule has 1 atom stereocenters. The Balaban J connectivity index is 1.69. The average Bonchev–Trinajstić information content (AvgIpc) is 3.06. The van der Waals surface area contributed by atoms with Gasteiger partial charge in [-0.25, -0.2) is 0 Å². The number of hydrogen-bond donors (Lipinski definition) is 1. The van der Waals surface area contributed by atoms with Crippen molar-refractivity contribution in [1.82, 2.24) is 4.90 Å². The molecule has 6 nitrogen and oxygen atoms in total. The fourth-order valence-electron chi connectivity index (χ4n) is 3.22. The van der Waals surface area contributed by atoms with E-state index in [9.17, 15) is 9.59 Å². The van der Waals surface area contributed by atoms with Gasteiger partial charge < -0.3 is 19.5 Å². The summed E-state index contributed by atoms with van der Waals surface area (Å²) < 4.78 is 11.5. The second-order valence-corrected chi connectivity index (χ2v) is 6.55. The second kappa shape index (κ2) is 8.58. The smallest absolute Gasteiger partial charge is 0.308 e. The topological polar surface area (TPSA) is 76.1 Å². The predicted molar refractivity (Wildman–Crippen MR) is 99.8 cm³/mol. The minimum atomic E-state index is -0.917. The molecule has 3 rings (SSSR count). The number of amides is 1. The molecule has 2 aromatic carbocycles. The highest BCUT2D eigenvalue weighted by molar-refractivity contribution is 5.86. The SMILES string of the molecule is COc1cccc(CCN2CC(C(=O)O)CC2=O)c1OCc1ccccc1. The number of carboxylic acids is 1. The number of hydrogen-bond acceptors (Lipinski definition) is 4. The Bertz CT molecular complexity index is 805. The van der Waals surface area contributed by atoms with Crippen molar-refractivity contribution in [3.63, 3.8) is 0 Å². The van der Waals surface area contributed by atoms with E-state index in [-0.39, 0.29) is 18.9 Å². The van der Waals surface area contributed by atoms with E-state index in [2.05, 4.69) is 0 Å². The van der Waals surface area contributed by atoms with E-state index >= 15 is 0 Å². The summed E-state index contributed by atoms with van der Waals surface area (Å²) >= 11 is 0. The van der Waals surface area contributed by atoms with Gasteiger partial charge in [-0.2, -0.15) is 0 Å². The molecule has 0 saturated carbocycles. The molecule has 1 unspecified atom stereocenters. The van der Waals surface area contributed by atoms with Crippen molar-refractivity contribution in [2.75, 3.05) is 20.2 Å². The van der Waals surface area contributed by atoms with E-state index in [4.69, 9.17) is 14.6 Å². The van der Waals surface area contributed by atoms with Gasteiger partial charge in [0.1, 0.15) is 6.61 Å². The molecule has 0 spiro atoms. The highest BCUT2D eigenvalue weighted by Crippen LogP contribution is 2.32. The monoisotopic (exact) mass is 369 g/mol. The van der Waals surface area contributed by atoms with Crippen LogP contribution in [0.4, 0.5) is 0 Å². The zero-order valence-electron chi connectivity index (χ0n) is 15.3. The number of carbonyl (C=O) groups is 2. The molecule has 0 aliphatic carbocycles. The molecule has 0 aromatic heterocycles. The maximum absolute atomic E-state index is 12.0. The summed E-state index contributed by atoms with van der Waals surface area (Å²) in [5.41, 5.74) is 1.98. The Morgan fingerprint density at radius 2 is 1.96 bits per heavy atom. The van der Waals surface area contributed by atoms with E-state index in [1.807, 2.05) is 48.5 Å². The first-order valence-corrected chi connectivity index (χ1v) is 8.91. The number of nitrogens with zero attached hydrogens (tertiary/aromatic N) is 1. The molecule has 1 saturated heterocycles. The Kier molecular flexibility index (Phi) is 5.96. The molecule has 142 valence electrons.